The van der Waals surface area contributed by atoms with Crippen LogP contribution >= 0.6 is 0 Å². The predicted octanol–water partition coefficient (Wildman–Crippen LogP) is 3.61. The maximum absolute atomic E-state index is 12.6. The number of aromatic amines is 1. The number of carbonyl (C=O) groups is 1. The molecule has 28 heavy (non-hydrogen) atoms. The minimum Gasteiger partial charge on any atom is -0.335 e. The van der Waals surface area contributed by atoms with Gasteiger partial charge in [0, 0.05) is 13.1 Å². The normalized spacial score (nSPS) is 11.9. The number of alkyl halides is 3. The smallest absolute Gasteiger partial charge is 0.335 e. The lowest BCUT2D eigenvalue weighted by Gasteiger charge is -2.14. The predicted molar refractivity (Wildman–Crippen MR) is 99.3 cm³/mol. The van der Waals surface area contributed by atoms with Gasteiger partial charge in [-0.15, -0.1) is 0 Å². The van der Waals surface area contributed by atoms with Crippen molar-refractivity contribution in [2.24, 2.45) is 0 Å². The van der Waals surface area contributed by atoms with Gasteiger partial charge >= 0.3 is 6.18 Å². The molecule has 1 heterocycles. The molecule has 0 spiro atoms. The van der Waals surface area contributed by atoms with Crippen LogP contribution in [0.15, 0.2) is 59.4 Å². The van der Waals surface area contributed by atoms with E-state index >= 15 is 0 Å². The number of hydrogen-bond acceptors (Lipinski definition) is 3. The van der Waals surface area contributed by atoms with Gasteiger partial charge in [-0.3, -0.25) is 9.59 Å². The summed E-state index contributed by atoms with van der Waals surface area (Å²) in [5, 5.41) is 0.461. The van der Waals surface area contributed by atoms with Gasteiger partial charge in [-0.25, -0.2) is 4.98 Å². The Bertz CT molecular complexity index is 1090. The van der Waals surface area contributed by atoms with Crippen molar-refractivity contribution in [2.45, 2.75) is 12.7 Å². The molecule has 0 saturated carbocycles. The molecule has 0 radical (unpaired) electrons. The van der Waals surface area contributed by atoms with Crippen molar-refractivity contribution in [3.63, 3.8) is 0 Å². The number of amides is 1. The quantitative estimate of drug-likeness (QED) is 0.696. The molecule has 2 aromatic carbocycles. The Morgan fingerprint density at radius 2 is 1.82 bits per heavy atom. The van der Waals surface area contributed by atoms with E-state index in [2.05, 4.69) is 9.97 Å². The monoisotopic (exact) mass is 387 g/mol. The van der Waals surface area contributed by atoms with Crippen LogP contribution in [-0.2, 0) is 17.5 Å². The molecule has 144 valence electrons. The Kier molecular flexibility index (Phi) is 5.30. The highest BCUT2D eigenvalue weighted by Crippen LogP contribution is 2.29. The second-order valence-electron chi connectivity index (χ2n) is 6.18. The number of hydrogen-bond donors (Lipinski definition) is 1. The standard InChI is InChI=1S/C20H16F3N3O2/c1-26(12-17-24-16-5-3-2-4-15(16)19(28)25-17)18(27)11-8-13-6-9-14(10-7-13)20(21,22)23/h2-11H,12H2,1H3,(H,24,25,28)/b11-8+. The molecular formula is C20H16F3N3O2. The van der Waals surface area contributed by atoms with Crippen LogP contribution in [0.2, 0.25) is 0 Å². The number of halogens is 3. The molecule has 1 N–H and O–H groups in total. The van der Waals surface area contributed by atoms with Gasteiger partial charge in [0.1, 0.15) is 5.82 Å². The highest BCUT2D eigenvalue weighted by molar-refractivity contribution is 5.91. The second-order valence-corrected chi connectivity index (χ2v) is 6.18. The molecule has 0 aliphatic carbocycles. The van der Waals surface area contributed by atoms with Crippen molar-refractivity contribution in [3.05, 3.63) is 81.9 Å². The van der Waals surface area contributed by atoms with Gasteiger partial charge in [-0.05, 0) is 35.9 Å². The van der Waals surface area contributed by atoms with Crippen LogP contribution < -0.4 is 5.56 Å². The topological polar surface area (TPSA) is 66.1 Å². The number of H-pyrrole nitrogens is 1. The van der Waals surface area contributed by atoms with E-state index in [4.69, 9.17) is 0 Å². The van der Waals surface area contributed by atoms with E-state index in [1.807, 2.05) is 0 Å². The third kappa shape index (κ3) is 4.46. The van der Waals surface area contributed by atoms with Crippen LogP contribution in [0.25, 0.3) is 17.0 Å². The lowest BCUT2D eigenvalue weighted by atomic mass is 10.1. The summed E-state index contributed by atoms with van der Waals surface area (Å²) in [6.45, 7) is 0.0796. The van der Waals surface area contributed by atoms with E-state index in [1.165, 1.54) is 36.2 Å². The van der Waals surface area contributed by atoms with Crippen LogP contribution in [0.4, 0.5) is 13.2 Å². The van der Waals surface area contributed by atoms with Gasteiger partial charge in [0.2, 0.25) is 5.91 Å². The molecule has 8 heteroatoms. The van der Waals surface area contributed by atoms with Gasteiger partial charge in [0.05, 0.1) is 23.0 Å². The fourth-order valence-corrected chi connectivity index (χ4v) is 2.59. The van der Waals surface area contributed by atoms with Crippen LogP contribution in [-0.4, -0.2) is 27.8 Å². The van der Waals surface area contributed by atoms with Crippen molar-refractivity contribution in [1.82, 2.24) is 14.9 Å². The molecule has 1 aromatic heterocycles. The van der Waals surface area contributed by atoms with E-state index in [9.17, 15) is 22.8 Å². The average molecular weight is 387 g/mol. The Balaban J connectivity index is 1.69. The Morgan fingerprint density at radius 3 is 2.50 bits per heavy atom. The van der Waals surface area contributed by atoms with Gasteiger partial charge in [-0.1, -0.05) is 24.3 Å². The minimum absolute atomic E-state index is 0.0796. The first kappa shape index (κ1) is 19.3. The average Bonchev–Trinajstić information content (AvgIpc) is 2.65. The number of nitrogens with one attached hydrogen (secondary N) is 1. The Morgan fingerprint density at radius 1 is 1.14 bits per heavy atom. The summed E-state index contributed by atoms with van der Waals surface area (Å²) in [5.41, 5.74) is -0.0458. The number of fused-ring (bicyclic) bond motifs is 1. The Hall–Kier alpha value is -3.42. The lowest BCUT2D eigenvalue weighted by molar-refractivity contribution is -0.137. The SMILES string of the molecule is CN(Cc1nc2ccccc2c(=O)[nH]1)C(=O)/C=C/c1ccc(C(F)(F)F)cc1. The zero-order valence-electron chi connectivity index (χ0n) is 14.8. The van der Waals surface area contributed by atoms with Crippen molar-refractivity contribution in [3.8, 4) is 0 Å². The first-order valence-corrected chi connectivity index (χ1v) is 8.32. The fraction of sp³-hybridized carbons (Fsp3) is 0.150. The van der Waals surface area contributed by atoms with Gasteiger partial charge in [-0.2, -0.15) is 13.2 Å². The maximum Gasteiger partial charge on any atom is 0.416 e. The summed E-state index contributed by atoms with van der Waals surface area (Å²) in [4.78, 5) is 32.6. The number of para-hydroxylation sites is 1. The van der Waals surface area contributed by atoms with Gasteiger partial charge in [0.15, 0.2) is 0 Å². The summed E-state index contributed by atoms with van der Waals surface area (Å²) in [7, 11) is 1.54. The minimum atomic E-state index is -4.40. The number of benzene rings is 2. The van der Waals surface area contributed by atoms with E-state index in [0.29, 0.717) is 22.3 Å². The zero-order chi connectivity index (χ0) is 20.3. The molecule has 5 nitrogen and oxygen atoms in total. The summed E-state index contributed by atoms with van der Waals surface area (Å²) in [5.74, 6) is -0.0433. The molecule has 0 atom stereocenters. The van der Waals surface area contributed by atoms with Crippen LogP contribution in [0.3, 0.4) is 0 Å². The van der Waals surface area contributed by atoms with E-state index < -0.39 is 11.7 Å². The molecule has 0 unspecified atom stereocenters. The van der Waals surface area contributed by atoms with E-state index in [-0.39, 0.29) is 18.0 Å². The third-order valence-electron chi connectivity index (χ3n) is 4.08. The van der Waals surface area contributed by atoms with Crippen molar-refractivity contribution >= 4 is 22.9 Å². The van der Waals surface area contributed by atoms with Crippen LogP contribution in [0.5, 0.6) is 0 Å². The van der Waals surface area contributed by atoms with Crippen molar-refractivity contribution in [2.75, 3.05) is 7.05 Å². The van der Waals surface area contributed by atoms with Crippen LogP contribution in [0, 0.1) is 0 Å². The third-order valence-corrected chi connectivity index (χ3v) is 4.08. The summed E-state index contributed by atoms with van der Waals surface area (Å²) >= 11 is 0. The first-order valence-electron chi connectivity index (χ1n) is 8.32. The van der Waals surface area contributed by atoms with Gasteiger partial charge < -0.3 is 9.88 Å². The molecule has 0 bridgehead atoms. The maximum atomic E-state index is 12.6. The molecule has 3 aromatic rings. The summed E-state index contributed by atoms with van der Waals surface area (Å²) in [6.07, 6.45) is -1.72. The highest BCUT2D eigenvalue weighted by Gasteiger charge is 2.29. The zero-order valence-corrected chi connectivity index (χ0v) is 14.8. The van der Waals surface area contributed by atoms with E-state index in [0.717, 1.165) is 12.1 Å². The Labute approximate surface area is 158 Å². The lowest BCUT2D eigenvalue weighted by Crippen LogP contribution is -2.26. The second kappa shape index (κ2) is 7.67. The highest BCUT2D eigenvalue weighted by atomic mass is 19.4. The largest absolute Gasteiger partial charge is 0.416 e. The number of aromatic nitrogens is 2. The first-order chi connectivity index (χ1) is 13.2. The molecule has 1 amide bonds. The van der Waals surface area contributed by atoms with Crippen molar-refractivity contribution < 1.29 is 18.0 Å². The molecular weight excluding hydrogens is 371 g/mol. The van der Waals surface area contributed by atoms with Crippen molar-refractivity contribution in [1.29, 1.82) is 0 Å². The summed E-state index contributed by atoms with van der Waals surface area (Å²) in [6, 6.07) is 11.4. The molecule has 0 aliphatic heterocycles. The van der Waals surface area contributed by atoms with Crippen LogP contribution in [0.1, 0.15) is 17.0 Å². The number of likely N-dealkylation sites (N-methyl/N-ethyl adjacent to an activating group) is 1. The van der Waals surface area contributed by atoms with E-state index in [1.54, 1.807) is 24.3 Å². The molecule has 0 saturated heterocycles. The number of nitrogens with zero attached hydrogens (tertiary/aromatic N) is 2. The molecule has 0 aliphatic rings. The number of rotatable bonds is 4. The van der Waals surface area contributed by atoms with Gasteiger partial charge in [0.25, 0.3) is 5.56 Å². The molecule has 3 rings (SSSR count). The fourth-order valence-electron chi connectivity index (χ4n) is 2.59. The summed E-state index contributed by atoms with van der Waals surface area (Å²) < 4.78 is 37.7. The number of carbonyl (C=O) groups excluding carboxylic acids is 1. The molecule has 0 fully saturated rings.